The summed E-state index contributed by atoms with van der Waals surface area (Å²) in [4.78, 5) is 17.2. The number of hydrogen-bond donors (Lipinski definition) is 1. The summed E-state index contributed by atoms with van der Waals surface area (Å²) in [7, 11) is 0. The molecule has 1 saturated heterocycles. The maximum Gasteiger partial charge on any atom is 0.253 e. The SMILES string of the molecule is CCN(CC)C(=O)c1ccc(C(c2cccc(O)c2)n2nc(C)c(-c3ccccc3CN3CCOCC3)c2C)cc1. The zero-order chi connectivity index (χ0) is 28.9. The van der Waals surface area contributed by atoms with Gasteiger partial charge in [-0.2, -0.15) is 5.10 Å². The molecule has 2 heterocycles. The van der Waals surface area contributed by atoms with Crippen molar-refractivity contribution in [1.82, 2.24) is 19.6 Å². The molecule has 41 heavy (non-hydrogen) atoms. The van der Waals surface area contributed by atoms with Crippen LogP contribution in [0.25, 0.3) is 11.1 Å². The van der Waals surface area contributed by atoms with Gasteiger partial charge in [0.2, 0.25) is 0 Å². The molecule has 0 bridgehead atoms. The summed E-state index contributed by atoms with van der Waals surface area (Å²) in [6.45, 7) is 13.8. The number of phenols is 1. The second-order valence-electron chi connectivity index (χ2n) is 10.6. The average Bonchev–Trinajstić information content (AvgIpc) is 3.28. The van der Waals surface area contributed by atoms with E-state index in [0.29, 0.717) is 18.7 Å². The van der Waals surface area contributed by atoms with E-state index < -0.39 is 0 Å². The Morgan fingerprint density at radius 2 is 1.66 bits per heavy atom. The summed E-state index contributed by atoms with van der Waals surface area (Å²) >= 11 is 0. The number of ether oxygens (including phenoxy) is 1. The molecule has 1 unspecified atom stereocenters. The quantitative estimate of drug-likeness (QED) is 0.283. The van der Waals surface area contributed by atoms with E-state index in [-0.39, 0.29) is 17.7 Å². The van der Waals surface area contributed by atoms with E-state index in [4.69, 9.17) is 9.84 Å². The summed E-state index contributed by atoms with van der Waals surface area (Å²) in [6.07, 6.45) is 0. The summed E-state index contributed by atoms with van der Waals surface area (Å²) in [5, 5.41) is 15.5. The van der Waals surface area contributed by atoms with Crippen LogP contribution in [0.2, 0.25) is 0 Å². The molecule has 214 valence electrons. The number of morpholine rings is 1. The molecule has 7 nitrogen and oxygen atoms in total. The van der Waals surface area contributed by atoms with Crippen LogP contribution in [-0.2, 0) is 11.3 Å². The molecular formula is C34H40N4O3. The van der Waals surface area contributed by atoms with Gasteiger partial charge in [0, 0.05) is 49.5 Å². The highest BCUT2D eigenvalue weighted by molar-refractivity contribution is 5.94. The normalized spacial score (nSPS) is 14.6. The highest BCUT2D eigenvalue weighted by Gasteiger charge is 2.25. The summed E-state index contributed by atoms with van der Waals surface area (Å²) in [5.41, 5.74) is 8.18. The lowest BCUT2D eigenvalue weighted by atomic mass is 9.95. The van der Waals surface area contributed by atoms with Crippen molar-refractivity contribution in [3.63, 3.8) is 0 Å². The molecule has 1 aliphatic rings. The minimum absolute atomic E-state index is 0.0285. The number of hydrogen-bond acceptors (Lipinski definition) is 5. The van der Waals surface area contributed by atoms with Crippen molar-refractivity contribution >= 4 is 5.91 Å². The molecule has 1 fully saturated rings. The van der Waals surface area contributed by atoms with E-state index in [1.165, 1.54) is 11.1 Å². The van der Waals surface area contributed by atoms with Gasteiger partial charge in [-0.05, 0) is 74.2 Å². The van der Waals surface area contributed by atoms with Crippen LogP contribution in [0.4, 0.5) is 0 Å². The Balaban J connectivity index is 1.57. The van der Waals surface area contributed by atoms with Crippen LogP contribution in [0, 0.1) is 13.8 Å². The first-order valence-corrected chi connectivity index (χ1v) is 14.5. The smallest absolute Gasteiger partial charge is 0.253 e. The zero-order valence-electron chi connectivity index (χ0n) is 24.5. The number of benzene rings is 3. The van der Waals surface area contributed by atoms with Gasteiger partial charge in [0.05, 0.1) is 18.9 Å². The van der Waals surface area contributed by atoms with Crippen LogP contribution in [0.1, 0.15) is 58.3 Å². The predicted molar refractivity (Wildman–Crippen MR) is 162 cm³/mol. The van der Waals surface area contributed by atoms with Crippen LogP contribution >= 0.6 is 0 Å². The molecule has 3 aromatic carbocycles. The predicted octanol–water partition coefficient (Wildman–Crippen LogP) is 5.82. The lowest BCUT2D eigenvalue weighted by molar-refractivity contribution is 0.0342. The molecule has 5 rings (SSSR count). The molecule has 7 heteroatoms. The van der Waals surface area contributed by atoms with E-state index >= 15 is 0 Å². The largest absolute Gasteiger partial charge is 0.508 e. The molecule has 1 atom stereocenters. The first kappa shape index (κ1) is 28.6. The topological polar surface area (TPSA) is 70.8 Å². The Kier molecular flexibility index (Phi) is 8.86. The van der Waals surface area contributed by atoms with Crippen molar-refractivity contribution < 1.29 is 14.6 Å². The third-order valence-corrected chi connectivity index (χ3v) is 8.06. The van der Waals surface area contributed by atoms with E-state index in [2.05, 4.69) is 47.7 Å². The van der Waals surface area contributed by atoms with Gasteiger partial charge in [-0.3, -0.25) is 14.4 Å². The van der Waals surface area contributed by atoms with Crippen molar-refractivity contribution in [1.29, 1.82) is 0 Å². The second kappa shape index (κ2) is 12.7. The van der Waals surface area contributed by atoms with E-state index in [1.54, 1.807) is 12.1 Å². The van der Waals surface area contributed by atoms with Crippen molar-refractivity contribution in [3.05, 3.63) is 106 Å². The van der Waals surface area contributed by atoms with Crippen LogP contribution in [-0.4, -0.2) is 70.0 Å². The molecule has 1 aliphatic heterocycles. The third kappa shape index (κ3) is 6.06. The van der Waals surface area contributed by atoms with Gasteiger partial charge in [-0.15, -0.1) is 0 Å². The molecule has 0 saturated carbocycles. The van der Waals surface area contributed by atoms with Crippen LogP contribution in [0.15, 0.2) is 72.8 Å². The summed E-state index contributed by atoms with van der Waals surface area (Å²) in [6, 6.07) is 23.5. The number of nitrogens with zero attached hydrogens (tertiary/aromatic N) is 4. The van der Waals surface area contributed by atoms with Gasteiger partial charge in [-0.1, -0.05) is 48.5 Å². The molecule has 0 radical (unpaired) electrons. The first-order chi connectivity index (χ1) is 19.9. The maximum atomic E-state index is 13.0. The molecule has 1 aromatic heterocycles. The number of aromatic nitrogens is 2. The highest BCUT2D eigenvalue weighted by atomic mass is 16.5. The van der Waals surface area contributed by atoms with Gasteiger partial charge in [0.1, 0.15) is 11.8 Å². The summed E-state index contributed by atoms with van der Waals surface area (Å²) in [5.74, 6) is 0.235. The molecule has 0 aliphatic carbocycles. The summed E-state index contributed by atoms with van der Waals surface area (Å²) < 4.78 is 7.62. The Labute approximate surface area is 243 Å². The number of carbonyl (C=O) groups excluding carboxylic acids is 1. The Morgan fingerprint density at radius 3 is 2.34 bits per heavy atom. The minimum Gasteiger partial charge on any atom is -0.508 e. The van der Waals surface area contributed by atoms with Gasteiger partial charge >= 0.3 is 0 Å². The number of carbonyl (C=O) groups is 1. The van der Waals surface area contributed by atoms with Crippen molar-refractivity contribution in [3.8, 4) is 16.9 Å². The highest BCUT2D eigenvalue weighted by Crippen LogP contribution is 2.36. The third-order valence-electron chi connectivity index (χ3n) is 8.06. The van der Waals surface area contributed by atoms with Crippen molar-refractivity contribution in [2.75, 3.05) is 39.4 Å². The number of aromatic hydroxyl groups is 1. The fourth-order valence-corrected chi connectivity index (χ4v) is 5.88. The van der Waals surface area contributed by atoms with E-state index in [9.17, 15) is 9.90 Å². The maximum absolute atomic E-state index is 13.0. The number of rotatable bonds is 9. The molecule has 0 spiro atoms. The van der Waals surface area contributed by atoms with Crippen molar-refractivity contribution in [2.45, 2.75) is 40.3 Å². The average molecular weight is 553 g/mol. The van der Waals surface area contributed by atoms with Gasteiger partial charge in [-0.25, -0.2) is 0 Å². The Hall–Kier alpha value is -3.94. The van der Waals surface area contributed by atoms with Gasteiger partial charge in [0.25, 0.3) is 5.91 Å². The number of phenolic OH excluding ortho intramolecular Hbond substituents is 1. The lowest BCUT2D eigenvalue weighted by Crippen LogP contribution is -2.35. The molecule has 4 aromatic rings. The zero-order valence-corrected chi connectivity index (χ0v) is 24.5. The lowest BCUT2D eigenvalue weighted by Gasteiger charge is -2.27. The first-order valence-electron chi connectivity index (χ1n) is 14.5. The Bertz CT molecular complexity index is 1480. The fraction of sp³-hybridized carbons (Fsp3) is 0.353. The van der Waals surface area contributed by atoms with E-state index in [0.717, 1.165) is 60.9 Å². The molecule has 1 amide bonds. The fourth-order valence-electron chi connectivity index (χ4n) is 5.88. The van der Waals surface area contributed by atoms with Crippen LogP contribution < -0.4 is 0 Å². The van der Waals surface area contributed by atoms with Crippen LogP contribution in [0.5, 0.6) is 5.75 Å². The minimum atomic E-state index is -0.279. The van der Waals surface area contributed by atoms with E-state index in [1.807, 2.05) is 55.1 Å². The standard InChI is InChI=1S/C34H40N4O3/c1-5-37(6-2)34(40)27-16-14-26(15-17-27)33(28-11-9-12-30(39)22-28)38-25(4)32(24(3)35-38)31-13-8-7-10-29(31)23-36-18-20-41-21-19-36/h7-17,22,33,39H,5-6,18-21,23H2,1-4H3. The van der Waals surface area contributed by atoms with Gasteiger partial charge < -0.3 is 14.7 Å². The monoisotopic (exact) mass is 552 g/mol. The van der Waals surface area contributed by atoms with Gasteiger partial charge in [0.15, 0.2) is 0 Å². The second-order valence-corrected chi connectivity index (χ2v) is 10.6. The number of amides is 1. The molecular weight excluding hydrogens is 512 g/mol. The van der Waals surface area contributed by atoms with Crippen molar-refractivity contribution in [2.24, 2.45) is 0 Å². The number of aryl methyl sites for hydroxylation is 1. The Morgan fingerprint density at radius 1 is 0.951 bits per heavy atom. The molecule has 1 N–H and O–H groups in total. The van der Waals surface area contributed by atoms with Crippen LogP contribution in [0.3, 0.4) is 0 Å².